The summed E-state index contributed by atoms with van der Waals surface area (Å²) in [6.45, 7) is 7.06. The largest absolute Gasteiger partial charge is 0.462 e. The molecule has 2 aromatic carbocycles. The van der Waals surface area contributed by atoms with Crippen molar-refractivity contribution in [3.05, 3.63) is 83.4 Å². The van der Waals surface area contributed by atoms with Crippen molar-refractivity contribution in [3.8, 4) is 11.8 Å². The van der Waals surface area contributed by atoms with E-state index in [0.29, 0.717) is 44.4 Å². The summed E-state index contributed by atoms with van der Waals surface area (Å²) in [6.07, 6.45) is 15.4. The van der Waals surface area contributed by atoms with E-state index in [9.17, 15) is 20.1 Å². The molecule has 0 unspecified atom stereocenters. The average molecular weight is 963 g/mol. The van der Waals surface area contributed by atoms with E-state index in [-0.39, 0.29) is 53.4 Å². The molecule has 6 bridgehead atoms. The van der Waals surface area contributed by atoms with Crippen LogP contribution in [0.3, 0.4) is 0 Å². The van der Waals surface area contributed by atoms with Crippen LogP contribution >= 0.6 is 21.6 Å². The van der Waals surface area contributed by atoms with Gasteiger partial charge in [0.25, 0.3) is 0 Å². The molecule has 1 spiro atoms. The van der Waals surface area contributed by atoms with Crippen molar-refractivity contribution in [2.45, 2.75) is 185 Å². The number of fused-ring (bicyclic) bond motifs is 6. The lowest BCUT2D eigenvalue weighted by Crippen LogP contribution is -2.79. The van der Waals surface area contributed by atoms with Crippen LogP contribution in [0.15, 0.2) is 72.3 Å². The molecule has 4 saturated carbocycles. The Balaban J connectivity index is 1.17. The van der Waals surface area contributed by atoms with Gasteiger partial charge in [-0.05, 0) is 161 Å². The quantitative estimate of drug-likeness (QED) is 0.135. The average Bonchev–Trinajstić information content (AvgIpc) is 3.80. The van der Waals surface area contributed by atoms with Gasteiger partial charge in [-0.2, -0.15) is 0 Å². The van der Waals surface area contributed by atoms with Crippen molar-refractivity contribution >= 4 is 33.5 Å². The molecule has 8 aliphatic rings. The Hall–Kier alpha value is -2.74. The van der Waals surface area contributed by atoms with Crippen LogP contribution in [0.5, 0.6) is 0 Å². The molecular formula is C59H78O7S2. The summed E-state index contributed by atoms with van der Waals surface area (Å²) in [5, 5.41) is 42.0. The first-order valence-corrected chi connectivity index (χ1v) is 29.1. The molecule has 0 amide bonds. The molecule has 4 aliphatic carbocycles. The summed E-state index contributed by atoms with van der Waals surface area (Å²) in [4.78, 5) is 28.8. The number of rotatable bonds is 8. The molecule has 4 heterocycles. The zero-order valence-electron chi connectivity index (χ0n) is 41.1. The molecular weight excluding hydrogens is 885 g/mol. The molecule has 9 heteroatoms. The van der Waals surface area contributed by atoms with E-state index < -0.39 is 51.5 Å². The van der Waals surface area contributed by atoms with Gasteiger partial charge in [0, 0.05) is 35.8 Å². The zero-order chi connectivity index (χ0) is 47.4. The van der Waals surface area contributed by atoms with E-state index in [1.807, 2.05) is 28.5 Å². The van der Waals surface area contributed by atoms with E-state index in [1.165, 1.54) is 17.5 Å². The Labute approximate surface area is 414 Å². The van der Waals surface area contributed by atoms with Gasteiger partial charge < -0.3 is 24.8 Å². The molecule has 68 heavy (non-hydrogen) atoms. The second-order valence-corrected chi connectivity index (χ2v) is 26.9. The van der Waals surface area contributed by atoms with E-state index >= 15 is 4.79 Å². The Kier molecular flexibility index (Phi) is 13.9. The Morgan fingerprint density at radius 2 is 1.44 bits per heavy atom. The predicted molar refractivity (Wildman–Crippen MR) is 272 cm³/mol. The number of benzene rings is 2. The van der Waals surface area contributed by atoms with Gasteiger partial charge in [-0.3, -0.25) is 4.79 Å². The minimum Gasteiger partial charge on any atom is -0.462 e. The summed E-state index contributed by atoms with van der Waals surface area (Å²) >= 11 is 0. The van der Waals surface area contributed by atoms with Crippen LogP contribution in [0.1, 0.15) is 154 Å². The first-order chi connectivity index (χ1) is 32.7. The summed E-state index contributed by atoms with van der Waals surface area (Å²) in [5.41, 5.74) is -2.36. The van der Waals surface area contributed by atoms with Gasteiger partial charge in [0.05, 0.1) is 34.1 Å². The summed E-state index contributed by atoms with van der Waals surface area (Å²) in [7, 11) is 4.03. The van der Waals surface area contributed by atoms with Gasteiger partial charge in [-0.1, -0.05) is 121 Å². The third kappa shape index (κ3) is 8.66. The molecule has 2 aromatic rings. The standard InChI is InChI=1S/C59H78O7S2/c1-54-28-23-48(68-67-39-44(35-54)33-41-16-9-5-10-17-41)46-21-20-42(32-40-14-7-4-8-15-40)36-57(46)27-13-26-55(2)37-47(66-53(57)63)52-56(3,45-18-11-6-12-19-45)30-25-50(61)59(52,49(60)24-29-54)58(55,64)31-22-43-34-51(62)65-38-43/h4-5,7-10,14-17,34,42,44-50,52,60-61,64H,6,11-12,18-25,27-33,35-39H2,1-3H3/t42-,44-,46-,47+,48+,49-,50+,52-,54+,55-,56-,57+,58+,59-/m0/s1. The van der Waals surface area contributed by atoms with E-state index in [2.05, 4.69) is 86.4 Å². The van der Waals surface area contributed by atoms with Crippen LogP contribution in [0.25, 0.3) is 0 Å². The fraction of sp³-hybridized carbons (Fsp3) is 0.695. The summed E-state index contributed by atoms with van der Waals surface area (Å²) < 4.78 is 12.9. The number of hydrogen-bond acceptors (Lipinski definition) is 9. The SMILES string of the molecule is C[C@]12CC[C@@H](SSC[C@@H](Cc3ccccc3)C1)[C@@H]1CC[C@@H](Cc3ccccc3)C[C@]13CC#C[C@@]1(C)C[C@@H](OC3=O)[C@@H]3[C@@]([C@H](O)CC[C@@]3(C)C3CCCCC3)([C@@H](O)CC2)[C@@]1(O)CCC1=CC(=O)OC1. The van der Waals surface area contributed by atoms with Crippen molar-refractivity contribution in [1.29, 1.82) is 0 Å². The van der Waals surface area contributed by atoms with Crippen LogP contribution in [0.4, 0.5) is 0 Å². The number of esters is 2. The van der Waals surface area contributed by atoms with Crippen LogP contribution in [-0.4, -0.2) is 68.8 Å². The van der Waals surface area contributed by atoms with Gasteiger partial charge in [0.1, 0.15) is 12.7 Å². The lowest BCUT2D eigenvalue weighted by atomic mass is 9.35. The van der Waals surface area contributed by atoms with Gasteiger partial charge >= 0.3 is 11.9 Å². The molecule has 6 fully saturated rings. The van der Waals surface area contributed by atoms with Gasteiger partial charge in [-0.15, -0.1) is 5.92 Å². The predicted octanol–water partition coefficient (Wildman–Crippen LogP) is 11.7. The molecule has 14 atom stereocenters. The highest BCUT2D eigenvalue weighted by Crippen LogP contribution is 2.72. The van der Waals surface area contributed by atoms with E-state index in [0.717, 1.165) is 94.8 Å². The lowest BCUT2D eigenvalue weighted by molar-refractivity contribution is -0.339. The monoisotopic (exact) mass is 963 g/mol. The molecule has 3 N–H and O–H groups in total. The van der Waals surface area contributed by atoms with Gasteiger partial charge in [0.15, 0.2) is 0 Å². The third-order valence-electron chi connectivity index (χ3n) is 20.2. The molecule has 2 saturated heterocycles. The zero-order valence-corrected chi connectivity index (χ0v) is 42.7. The third-order valence-corrected chi connectivity index (χ3v) is 23.3. The number of cyclic esters (lactones) is 1. The van der Waals surface area contributed by atoms with Gasteiger partial charge in [-0.25, -0.2) is 4.79 Å². The molecule has 4 aliphatic heterocycles. The smallest absolute Gasteiger partial charge is 0.331 e. The van der Waals surface area contributed by atoms with Crippen LogP contribution in [0.2, 0.25) is 0 Å². The minimum absolute atomic E-state index is 0.0557. The Morgan fingerprint density at radius 3 is 2.13 bits per heavy atom. The normalized spacial score (nSPS) is 43.1. The van der Waals surface area contributed by atoms with Crippen LogP contribution in [-0.2, 0) is 31.9 Å². The minimum atomic E-state index is -1.71. The highest BCUT2D eigenvalue weighted by atomic mass is 33.1. The van der Waals surface area contributed by atoms with Crippen LogP contribution in [0, 0.1) is 68.5 Å². The summed E-state index contributed by atoms with van der Waals surface area (Å²) in [6, 6.07) is 21.6. The summed E-state index contributed by atoms with van der Waals surface area (Å²) in [5.74, 6) is 8.53. The highest BCUT2D eigenvalue weighted by Gasteiger charge is 2.78. The molecule has 10 rings (SSSR count). The van der Waals surface area contributed by atoms with Gasteiger partial charge in [0.2, 0.25) is 0 Å². The Bertz CT molecular complexity index is 2240. The highest BCUT2D eigenvalue weighted by molar-refractivity contribution is 8.76. The number of aliphatic hydroxyl groups is 3. The first-order valence-electron chi connectivity index (χ1n) is 26.7. The lowest BCUT2D eigenvalue weighted by Gasteiger charge is -2.72. The molecule has 0 radical (unpaired) electrons. The second kappa shape index (κ2) is 19.4. The molecule has 7 nitrogen and oxygen atoms in total. The number of hydrogen-bond donors (Lipinski definition) is 3. The maximum absolute atomic E-state index is 16.3. The Morgan fingerprint density at radius 1 is 0.765 bits per heavy atom. The fourth-order valence-corrected chi connectivity index (χ4v) is 20.3. The van der Waals surface area contributed by atoms with Crippen molar-refractivity contribution in [2.75, 3.05) is 12.4 Å². The van der Waals surface area contributed by atoms with E-state index in [1.54, 1.807) is 6.08 Å². The maximum atomic E-state index is 16.3. The topological polar surface area (TPSA) is 113 Å². The fourth-order valence-electron chi connectivity index (χ4n) is 16.8. The second-order valence-electron chi connectivity index (χ2n) is 24.2. The number of aliphatic hydroxyl groups excluding tert-OH is 2. The first kappa shape index (κ1) is 48.9. The van der Waals surface area contributed by atoms with Crippen molar-refractivity contribution in [3.63, 3.8) is 0 Å². The van der Waals surface area contributed by atoms with Crippen molar-refractivity contribution in [2.24, 2.45) is 56.7 Å². The molecule has 0 aromatic heterocycles. The van der Waals surface area contributed by atoms with Crippen LogP contribution < -0.4 is 0 Å². The number of carbonyl (C=O) groups excluding carboxylic acids is 2. The molecule has 368 valence electrons. The van der Waals surface area contributed by atoms with E-state index in [4.69, 9.17) is 9.47 Å². The number of carbonyl (C=O) groups is 2. The maximum Gasteiger partial charge on any atom is 0.331 e. The van der Waals surface area contributed by atoms with Crippen molar-refractivity contribution in [1.82, 2.24) is 0 Å². The van der Waals surface area contributed by atoms with Crippen molar-refractivity contribution < 1.29 is 34.4 Å². The number of ether oxygens (including phenoxy) is 2.